The molecule has 6 nitrogen and oxygen atoms in total. The van der Waals surface area contributed by atoms with Gasteiger partial charge in [0.15, 0.2) is 0 Å². The van der Waals surface area contributed by atoms with Crippen molar-refractivity contribution in [2.45, 2.75) is 26.7 Å². The molecule has 2 aromatic carbocycles. The molecule has 0 saturated carbocycles. The molecule has 2 N–H and O–H groups in total. The summed E-state index contributed by atoms with van der Waals surface area (Å²) in [7, 11) is 0. The van der Waals surface area contributed by atoms with Crippen molar-refractivity contribution in [1.29, 1.82) is 0 Å². The molecule has 0 saturated heterocycles. The smallest absolute Gasteiger partial charge is 0.227 e. The molecule has 3 aromatic rings. The molecule has 1 heterocycles. The maximum Gasteiger partial charge on any atom is 0.227 e. The first-order valence-electron chi connectivity index (χ1n) is 9.46. The van der Waals surface area contributed by atoms with Crippen LogP contribution < -0.4 is 15.4 Å². The van der Waals surface area contributed by atoms with E-state index in [1.165, 1.54) is 0 Å². The molecule has 0 radical (unpaired) electrons. The number of nitrogens with one attached hydrogen (secondary N) is 2. The first-order chi connectivity index (χ1) is 14.4. The molecule has 0 unspecified atom stereocenters. The predicted octanol–water partition coefficient (Wildman–Crippen LogP) is 5.94. The first kappa shape index (κ1) is 21.9. The van der Waals surface area contributed by atoms with Crippen LogP contribution in [-0.4, -0.2) is 22.5 Å². The van der Waals surface area contributed by atoms with Crippen LogP contribution in [-0.2, 0) is 4.79 Å². The minimum Gasteiger partial charge on any atom is -0.492 e. The SMILES string of the molecule is Cc1cc(C)nc(Nc2cccc(NC(=O)CCCOc3ccc(Cl)cc3Cl)c2)n1. The van der Waals surface area contributed by atoms with E-state index in [4.69, 9.17) is 27.9 Å². The van der Waals surface area contributed by atoms with Crippen LogP contribution in [0.4, 0.5) is 17.3 Å². The molecule has 0 spiro atoms. The standard InChI is InChI=1S/C22H22Cl2N4O2/c1-14-11-15(2)26-22(25-14)28-18-6-3-5-17(13-18)27-21(29)7-4-10-30-20-9-8-16(23)12-19(20)24/h3,5-6,8-9,11-13H,4,7,10H2,1-2H3,(H,27,29)(H,25,26,28). The van der Waals surface area contributed by atoms with Crippen molar-refractivity contribution in [2.75, 3.05) is 17.2 Å². The van der Waals surface area contributed by atoms with Crippen LogP contribution in [0.2, 0.25) is 10.0 Å². The van der Waals surface area contributed by atoms with Crippen LogP contribution in [0.3, 0.4) is 0 Å². The first-order valence-corrected chi connectivity index (χ1v) is 10.2. The molecule has 3 rings (SSSR count). The third kappa shape index (κ3) is 6.61. The lowest BCUT2D eigenvalue weighted by molar-refractivity contribution is -0.116. The monoisotopic (exact) mass is 444 g/mol. The maximum absolute atomic E-state index is 12.2. The van der Waals surface area contributed by atoms with Crippen molar-refractivity contribution in [1.82, 2.24) is 9.97 Å². The summed E-state index contributed by atoms with van der Waals surface area (Å²) >= 11 is 11.9. The second-order valence-corrected chi connectivity index (χ2v) is 7.60. The molecule has 8 heteroatoms. The molecule has 30 heavy (non-hydrogen) atoms. The van der Waals surface area contributed by atoms with Gasteiger partial charge >= 0.3 is 0 Å². The summed E-state index contributed by atoms with van der Waals surface area (Å²) < 4.78 is 5.60. The van der Waals surface area contributed by atoms with E-state index in [1.54, 1.807) is 18.2 Å². The van der Waals surface area contributed by atoms with Gasteiger partial charge in [-0.15, -0.1) is 0 Å². The van der Waals surface area contributed by atoms with E-state index in [-0.39, 0.29) is 5.91 Å². The van der Waals surface area contributed by atoms with E-state index < -0.39 is 0 Å². The quantitative estimate of drug-likeness (QED) is 0.420. The molecule has 0 atom stereocenters. The molecule has 1 amide bonds. The summed E-state index contributed by atoms with van der Waals surface area (Å²) in [6, 6.07) is 14.4. The average molecular weight is 445 g/mol. The van der Waals surface area contributed by atoms with Crippen molar-refractivity contribution in [3.8, 4) is 5.75 Å². The lowest BCUT2D eigenvalue weighted by Crippen LogP contribution is -2.13. The van der Waals surface area contributed by atoms with Gasteiger partial charge in [-0.25, -0.2) is 9.97 Å². The number of halogens is 2. The summed E-state index contributed by atoms with van der Waals surface area (Å²) in [5.74, 6) is 0.975. The maximum atomic E-state index is 12.2. The van der Waals surface area contributed by atoms with Gasteiger partial charge in [-0.3, -0.25) is 4.79 Å². The number of hydrogen-bond acceptors (Lipinski definition) is 5. The van der Waals surface area contributed by atoms with Crippen LogP contribution in [0.1, 0.15) is 24.2 Å². The molecule has 1 aromatic heterocycles. The third-order valence-electron chi connectivity index (χ3n) is 4.08. The highest BCUT2D eigenvalue weighted by Gasteiger charge is 2.06. The van der Waals surface area contributed by atoms with Crippen molar-refractivity contribution >= 4 is 46.4 Å². The summed E-state index contributed by atoms with van der Waals surface area (Å²) in [6.07, 6.45) is 0.877. The largest absolute Gasteiger partial charge is 0.492 e. The number of rotatable bonds is 8. The van der Waals surface area contributed by atoms with Gasteiger partial charge in [-0.2, -0.15) is 0 Å². The predicted molar refractivity (Wildman–Crippen MR) is 121 cm³/mol. The van der Waals surface area contributed by atoms with Crippen LogP contribution in [0.25, 0.3) is 0 Å². The van der Waals surface area contributed by atoms with Gasteiger partial charge in [0.25, 0.3) is 0 Å². The third-order valence-corrected chi connectivity index (χ3v) is 4.61. The van der Waals surface area contributed by atoms with Gasteiger partial charge in [0.1, 0.15) is 5.75 Å². The van der Waals surface area contributed by atoms with E-state index in [1.807, 2.05) is 44.2 Å². The number of nitrogens with zero attached hydrogens (tertiary/aromatic N) is 2. The Balaban J connectivity index is 1.48. The molecule has 0 aliphatic rings. The Morgan fingerprint density at radius 2 is 1.73 bits per heavy atom. The van der Waals surface area contributed by atoms with E-state index in [0.29, 0.717) is 46.9 Å². The zero-order valence-corrected chi connectivity index (χ0v) is 18.2. The lowest BCUT2D eigenvalue weighted by Gasteiger charge is -2.10. The summed E-state index contributed by atoms with van der Waals surface area (Å²) in [6.45, 7) is 4.21. The highest BCUT2D eigenvalue weighted by atomic mass is 35.5. The number of ether oxygens (including phenoxy) is 1. The number of benzene rings is 2. The fraction of sp³-hybridized carbons (Fsp3) is 0.227. The number of hydrogen-bond donors (Lipinski definition) is 2. The van der Waals surface area contributed by atoms with Gasteiger partial charge in [0.05, 0.1) is 11.6 Å². The summed E-state index contributed by atoms with van der Waals surface area (Å²) in [4.78, 5) is 21.0. The summed E-state index contributed by atoms with van der Waals surface area (Å²) in [5.41, 5.74) is 3.25. The lowest BCUT2D eigenvalue weighted by atomic mass is 10.2. The molecule has 0 bridgehead atoms. The number of aromatic nitrogens is 2. The van der Waals surface area contributed by atoms with Gasteiger partial charge in [-0.1, -0.05) is 29.3 Å². The van der Waals surface area contributed by atoms with Gasteiger partial charge < -0.3 is 15.4 Å². The Labute approximate surface area is 185 Å². The molecular weight excluding hydrogens is 423 g/mol. The number of aryl methyl sites for hydroxylation is 2. The van der Waals surface area contributed by atoms with Crippen molar-refractivity contribution in [3.05, 3.63) is 70.0 Å². The average Bonchev–Trinajstić information content (AvgIpc) is 2.66. The minimum atomic E-state index is -0.0967. The van der Waals surface area contributed by atoms with Gasteiger partial charge in [0, 0.05) is 34.2 Å². The van der Waals surface area contributed by atoms with E-state index in [0.717, 1.165) is 17.1 Å². The molecular formula is C22H22Cl2N4O2. The number of amides is 1. The van der Waals surface area contributed by atoms with Crippen LogP contribution >= 0.6 is 23.2 Å². The molecule has 0 aliphatic heterocycles. The van der Waals surface area contributed by atoms with Gasteiger partial charge in [-0.05, 0) is 62.7 Å². The second-order valence-electron chi connectivity index (χ2n) is 6.76. The Bertz CT molecular complexity index is 1020. The molecule has 0 aliphatic carbocycles. The topological polar surface area (TPSA) is 76.1 Å². The Morgan fingerprint density at radius 3 is 2.47 bits per heavy atom. The van der Waals surface area contributed by atoms with Crippen LogP contribution in [0.15, 0.2) is 48.5 Å². The number of carbonyl (C=O) groups is 1. The summed E-state index contributed by atoms with van der Waals surface area (Å²) in [5, 5.41) is 7.05. The molecule has 0 fully saturated rings. The van der Waals surface area contributed by atoms with E-state index >= 15 is 0 Å². The zero-order chi connectivity index (χ0) is 21.5. The zero-order valence-electron chi connectivity index (χ0n) is 16.7. The Morgan fingerprint density at radius 1 is 1.00 bits per heavy atom. The van der Waals surface area contributed by atoms with E-state index in [2.05, 4.69) is 20.6 Å². The minimum absolute atomic E-state index is 0.0967. The van der Waals surface area contributed by atoms with Crippen molar-refractivity contribution < 1.29 is 9.53 Å². The van der Waals surface area contributed by atoms with Gasteiger partial charge in [0.2, 0.25) is 11.9 Å². The van der Waals surface area contributed by atoms with Crippen molar-refractivity contribution in [2.24, 2.45) is 0 Å². The van der Waals surface area contributed by atoms with Crippen molar-refractivity contribution in [3.63, 3.8) is 0 Å². The van der Waals surface area contributed by atoms with E-state index in [9.17, 15) is 4.79 Å². The second kappa shape index (κ2) is 10.3. The number of carbonyl (C=O) groups excluding carboxylic acids is 1. The fourth-order valence-corrected chi connectivity index (χ4v) is 3.28. The van der Waals surface area contributed by atoms with Crippen LogP contribution in [0.5, 0.6) is 5.75 Å². The van der Waals surface area contributed by atoms with Crippen LogP contribution in [0, 0.1) is 13.8 Å². The number of anilines is 3. The Hall–Kier alpha value is -2.83. The highest BCUT2D eigenvalue weighted by molar-refractivity contribution is 6.35. The Kier molecular flexibility index (Phi) is 7.49. The highest BCUT2D eigenvalue weighted by Crippen LogP contribution is 2.27. The molecule has 156 valence electrons. The fourth-order valence-electron chi connectivity index (χ4n) is 2.82. The normalized spacial score (nSPS) is 10.5.